The van der Waals surface area contributed by atoms with Crippen LogP contribution in [0.4, 0.5) is 5.69 Å². The molecule has 0 aromatic heterocycles. The number of nitrogens with one attached hydrogen (secondary N) is 1. The Balaban J connectivity index is 1.56. The third kappa shape index (κ3) is 3.77. The zero-order valence-electron chi connectivity index (χ0n) is 13.6. The Morgan fingerprint density at radius 1 is 1.25 bits per heavy atom. The molecule has 1 N–H and O–H groups in total. The monoisotopic (exact) mass is 351 g/mol. The van der Waals surface area contributed by atoms with E-state index < -0.39 is 33.7 Å². The first-order valence-corrected chi connectivity index (χ1v) is 10.00. The predicted octanol–water partition coefficient (Wildman–Crippen LogP) is 1.48. The number of anilines is 1. The maximum Gasteiger partial charge on any atom is 0.310 e. The Morgan fingerprint density at radius 2 is 2.00 bits per heavy atom. The summed E-state index contributed by atoms with van der Waals surface area (Å²) in [5, 5.41) is 2.75. The van der Waals surface area contributed by atoms with Crippen LogP contribution in [-0.4, -0.2) is 37.9 Å². The number of ether oxygens (including phenoxy) is 1. The van der Waals surface area contributed by atoms with E-state index in [-0.39, 0.29) is 17.9 Å². The zero-order chi connectivity index (χ0) is 17.3. The fourth-order valence-electron chi connectivity index (χ4n) is 3.20. The van der Waals surface area contributed by atoms with Gasteiger partial charge in [-0.25, -0.2) is 8.42 Å². The molecule has 1 saturated heterocycles. The van der Waals surface area contributed by atoms with Gasteiger partial charge in [0, 0.05) is 5.69 Å². The number of carbonyl (C=O) groups is 2. The number of sulfone groups is 1. The van der Waals surface area contributed by atoms with Crippen LogP contribution in [0.2, 0.25) is 0 Å². The third-order valence-corrected chi connectivity index (χ3v) is 6.36. The molecule has 24 heavy (non-hydrogen) atoms. The number of amides is 1. The van der Waals surface area contributed by atoms with Crippen molar-refractivity contribution in [3.8, 4) is 0 Å². The quantitative estimate of drug-likeness (QED) is 0.830. The minimum absolute atomic E-state index is 0.00245. The van der Waals surface area contributed by atoms with Crippen molar-refractivity contribution in [1.82, 2.24) is 0 Å². The SMILES string of the molecule is C[C@@H](OC(=O)[C@H]1CCS(=O)(=O)C1)C(=O)Nc1ccc2c(c1)CCC2. The summed E-state index contributed by atoms with van der Waals surface area (Å²) in [5.41, 5.74) is 3.25. The van der Waals surface area contributed by atoms with Gasteiger partial charge >= 0.3 is 5.97 Å². The molecule has 1 aliphatic heterocycles. The van der Waals surface area contributed by atoms with Crippen LogP contribution in [-0.2, 0) is 37.0 Å². The standard InChI is InChI=1S/C17H21NO5S/c1-11(23-17(20)14-7-8-24(21,22)10-14)16(19)18-15-6-5-12-3-2-4-13(12)9-15/h5-6,9,11,14H,2-4,7-8,10H2,1H3,(H,18,19)/t11-,14+/m1/s1. The van der Waals surface area contributed by atoms with E-state index in [1.807, 2.05) is 18.2 Å². The molecule has 3 rings (SSSR count). The first kappa shape index (κ1) is 17.0. The topological polar surface area (TPSA) is 89.5 Å². The first-order chi connectivity index (χ1) is 11.3. The third-order valence-electron chi connectivity index (χ3n) is 4.59. The molecule has 0 spiro atoms. The smallest absolute Gasteiger partial charge is 0.310 e. The maximum absolute atomic E-state index is 12.2. The van der Waals surface area contributed by atoms with Gasteiger partial charge in [0.25, 0.3) is 5.91 Å². The molecular weight excluding hydrogens is 330 g/mol. The fraction of sp³-hybridized carbons (Fsp3) is 0.529. The fourth-order valence-corrected chi connectivity index (χ4v) is 4.92. The van der Waals surface area contributed by atoms with Crippen molar-refractivity contribution >= 4 is 27.4 Å². The highest BCUT2D eigenvalue weighted by Crippen LogP contribution is 2.25. The summed E-state index contributed by atoms with van der Waals surface area (Å²) >= 11 is 0. The molecule has 0 bridgehead atoms. The van der Waals surface area contributed by atoms with Gasteiger partial charge in [-0.3, -0.25) is 9.59 Å². The molecular formula is C17H21NO5S. The van der Waals surface area contributed by atoms with Crippen molar-refractivity contribution in [2.75, 3.05) is 16.8 Å². The summed E-state index contributed by atoms with van der Waals surface area (Å²) in [4.78, 5) is 24.2. The van der Waals surface area contributed by atoms with Gasteiger partial charge in [0.2, 0.25) is 0 Å². The molecule has 1 aromatic rings. The largest absolute Gasteiger partial charge is 0.452 e. The minimum Gasteiger partial charge on any atom is -0.452 e. The van der Waals surface area contributed by atoms with Gasteiger partial charge in [0.15, 0.2) is 15.9 Å². The van der Waals surface area contributed by atoms with E-state index in [0.717, 1.165) is 19.3 Å². The molecule has 0 saturated carbocycles. The first-order valence-electron chi connectivity index (χ1n) is 8.18. The Bertz CT molecular complexity index is 771. The van der Waals surface area contributed by atoms with Crippen LogP contribution in [0.1, 0.15) is 30.9 Å². The number of hydrogen-bond acceptors (Lipinski definition) is 5. The van der Waals surface area contributed by atoms with Gasteiger partial charge in [-0.2, -0.15) is 0 Å². The molecule has 1 aliphatic carbocycles. The van der Waals surface area contributed by atoms with Crippen molar-refractivity contribution in [1.29, 1.82) is 0 Å². The van der Waals surface area contributed by atoms with Crippen LogP contribution in [0.15, 0.2) is 18.2 Å². The van der Waals surface area contributed by atoms with Crippen LogP contribution in [0.3, 0.4) is 0 Å². The second-order valence-electron chi connectivity index (χ2n) is 6.51. The Morgan fingerprint density at radius 3 is 2.71 bits per heavy atom. The molecule has 1 fully saturated rings. The minimum atomic E-state index is -3.15. The van der Waals surface area contributed by atoms with Gasteiger partial charge in [0.1, 0.15) is 0 Å². The average Bonchev–Trinajstić information content (AvgIpc) is 3.12. The van der Waals surface area contributed by atoms with E-state index in [9.17, 15) is 18.0 Å². The lowest BCUT2D eigenvalue weighted by Gasteiger charge is -2.16. The normalized spacial score (nSPS) is 22.6. The van der Waals surface area contributed by atoms with Crippen LogP contribution >= 0.6 is 0 Å². The Hall–Kier alpha value is -1.89. The summed E-state index contributed by atoms with van der Waals surface area (Å²) in [6.07, 6.45) is 2.52. The van der Waals surface area contributed by atoms with E-state index in [2.05, 4.69) is 5.32 Å². The van der Waals surface area contributed by atoms with Crippen LogP contribution in [0.25, 0.3) is 0 Å². The van der Waals surface area contributed by atoms with E-state index in [0.29, 0.717) is 5.69 Å². The number of rotatable bonds is 4. The second kappa shape index (κ2) is 6.55. The highest BCUT2D eigenvalue weighted by Gasteiger charge is 2.35. The Kier molecular flexibility index (Phi) is 4.62. The summed E-state index contributed by atoms with van der Waals surface area (Å²) in [5.74, 6) is -1.88. The molecule has 2 atom stereocenters. The van der Waals surface area contributed by atoms with E-state index in [1.54, 1.807) is 0 Å². The summed E-state index contributed by atoms with van der Waals surface area (Å²) in [7, 11) is -3.15. The van der Waals surface area contributed by atoms with Crippen molar-refractivity contribution in [2.24, 2.45) is 5.92 Å². The van der Waals surface area contributed by atoms with Crippen molar-refractivity contribution < 1.29 is 22.7 Å². The summed E-state index contributed by atoms with van der Waals surface area (Å²) in [6, 6.07) is 5.82. The number of hydrogen-bond donors (Lipinski definition) is 1. The lowest BCUT2D eigenvalue weighted by Crippen LogP contribution is -2.32. The average molecular weight is 351 g/mol. The highest BCUT2D eigenvalue weighted by molar-refractivity contribution is 7.91. The van der Waals surface area contributed by atoms with Gasteiger partial charge in [-0.1, -0.05) is 6.07 Å². The van der Waals surface area contributed by atoms with Crippen molar-refractivity contribution in [2.45, 2.75) is 38.7 Å². The van der Waals surface area contributed by atoms with Crippen molar-refractivity contribution in [3.63, 3.8) is 0 Å². The number of fused-ring (bicyclic) bond motifs is 1. The molecule has 0 unspecified atom stereocenters. The molecule has 6 nitrogen and oxygen atoms in total. The molecule has 130 valence electrons. The number of benzene rings is 1. The van der Waals surface area contributed by atoms with Gasteiger partial charge in [-0.05, 0) is 55.9 Å². The van der Waals surface area contributed by atoms with Gasteiger partial charge < -0.3 is 10.1 Å². The maximum atomic E-state index is 12.2. The predicted molar refractivity (Wildman–Crippen MR) is 89.4 cm³/mol. The number of carbonyl (C=O) groups excluding carboxylic acids is 2. The molecule has 1 aromatic carbocycles. The van der Waals surface area contributed by atoms with Crippen LogP contribution in [0.5, 0.6) is 0 Å². The molecule has 1 amide bonds. The van der Waals surface area contributed by atoms with Crippen LogP contribution < -0.4 is 5.32 Å². The summed E-state index contributed by atoms with van der Waals surface area (Å²) < 4.78 is 28.0. The molecule has 7 heteroatoms. The van der Waals surface area contributed by atoms with Gasteiger partial charge in [-0.15, -0.1) is 0 Å². The molecule has 2 aliphatic rings. The second-order valence-corrected chi connectivity index (χ2v) is 8.73. The van der Waals surface area contributed by atoms with Gasteiger partial charge in [0.05, 0.1) is 17.4 Å². The lowest BCUT2D eigenvalue weighted by atomic mass is 10.1. The van der Waals surface area contributed by atoms with E-state index >= 15 is 0 Å². The zero-order valence-corrected chi connectivity index (χ0v) is 14.4. The molecule has 1 heterocycles. The van der Waals surface area contributed by atoms with Crippen LogP contribution in [0, 0.1) is 5.92 Å². The number of aryl methyl sites for hydroxylation is 2. The number of esters is 1. The van der Waals surface area contributed by atoms with Crippen molar-refractivity contribution in [3.05, 3.63) is 29.3 Å². The Labute approximate surface area is 141 Å². The summed E-state index contributed by atoms with van der Waals surface area (Å²) in [6.45, 7) is 1.49. The van der Waals surface area contributed by atoms with E-state index in [4.69, 9.17) is 4.74 Å². The highest BCUT2D eigenvalue weighted by atomic mass is 32.2. The van der Waals surface area contributed by atoms with E-state index in [1.165, 1.54) is 18.1 Å². The molecule has 0 radical (unpaired) electrons. The lowest BCUT2D eigenvalue weighted by molar-refractivity contribution is -0.156.